The minimum atomic E-state index is -0.130. The molecule has 0 radical (unpaired) electrons. The smallest absolute Gasteiger partial charge is 0.199 e. The standard InChI is InChI=1S/C12H8O3/c13-7-3-4-9-8-15-11-6-2-1-5-10(11)12(9)14/h1-8H/b4-3+. The van der Waals surface area contributed by atoms with Gasteiger partial charge >= 0.3 is 0 Å². The first-order valence-electron chi connectivity index (χ1n) is 4.45. The van der Waals surface area contributed by atoms with Gasteiger partial charge in [0.2, 0.25) is 0 Å². The van der Waals surface area contributed by atoms with Crippen LogP contribution in [0.25, 0.3) is 17.0 Å². The summed E-state index contributed by atoms with van der Waals surface area (Å²) >= 11 is 0. The van der Waals surface area contributed by atoms with Crippen molar-refractivity contribution in [1.82, 2.24) is 0 Å². The number of allylic oxidation sites excluding steroid dienone is 1. The molecule has 0 spiro atoms. The second-order valence-electron chi connectivity index (χ2n) is 3.01. The van der Waals surface area contributed by atoms with E-state index in [1.54, 1.807) is 24.3 Å². The van der Waals surface area contributed by atoms with Crippen LogP contribution in [0.3, 0.4) is 0 Å². The second-order valence-corrected chi connectivity index (χ2v) is 3.01. The molecule has 2 rings (SSSR count). The number of para-hydroxylation sites is 1. The Hall–Kier alpha value is -2.16. The first kappa shape index (κ1) is 9.40. The number of hydrogen-bond acceptors (Lipinski definition) is 3. The predicted octanol–water partition coefficient (Wildman–Crippen LogP) is 2.01. The third-order valence-corrected chi connectivity index (χ3v) is 2.06. The Bertz CT molecular complexity index is 579. The van der Waals surface area contributed by atoms with Crippen molar-refractivity contribution in [2.24, 2.45) is 0 Å². The van der Waals surface area contributed by atoms with Crippen molar-refractivity contribution in [3.8, 4) is 0 Å². The zero-order chi connectivity index (χ0) is 10.7. The van der Waals surface area contributed by atoms with Gasteiger partial charge in [-0.05, 0) is 24.3 Å². The quantitative estimate of drug-likeness (QED) is 0.550. The Labute approximate surface area is 85.6 Å². The number of carbonyl (C=O) groups excluding carboxylic acids is 1. The van der Waals surface area contributed by atoms with Gasteiger partial charge in [0.15, 0.2) is 5.43 Å². The van der Waals surface area contributed by atoms with Crippen molar-refractivity contribution in [2.45, 2.75) is 0 Å². The molecule has 0 aliphatic carbocycles. The minimum absolute atomic E-state index is 0.130. The van der Waals surface area contributed by atoms with Crippen LogP contribution in [-0.4, -0.2) is 6.29 Å². The second kappa shape index (κ2) is 3.92. The Morgan fingerprint density at radius 2 is 2.00 bits per heavy atom. The topological polar surface area (TPSA) is 47.3 Å². The summed E-state index contributed by atoms with van der Waals surface area (Å²) in [6.45, 7) is 0. The average Bonchev–Trinajstić information content (AvgIpc) is 2.29. The van der Waals surface area contributed by atoms with E-state index >= 15 is 0 Å². The molecule has 0 bridgehead atoms. The maximum Gasteiger partial charge on any atom is 0.199 e. The van der Waals surface area contributed by atoms with E-state index in [9.17, 15) is 9.59 Å². The van der Waals surface area contributed by atoms with E-state index in [1.807, 2.05) is 0 Å². The molecule has 1 aromatic carbocycles. The van der Waals surface area contributed by atoms with Crippen molar-refractivity contribution in [3.05, 3.63) is 52.4 Å². The van der Waals surface area contributed by atoms with Crippen LogP contribution in [0.5, 0.6) is 0 Å². The number of aldehydes is 1. The lowest BCUT2D eigenvalue weighted by atomic mass is 10.1. The highest BCUT2D eigenvalue weighted by Crippen LogP contribution is 2.10. The molecule has 1 aromatic heterocycles. The molecule has 3 heteroatoms. The van der Waals surface area contributed by atoms with Crippen LogP contribution in [0.4, 0.5) is 0 Å². The monoisotopic (exact) mass is 200 g/mol. The molecule has 0 N–H and O–H groups in total. The van der Waals surface area contributed by atoms with Crippen molar-refractivity contribution in [2.75, 3.05) is 0 Å². The summed E-state index contributed by atoms with van der Waals surface area (Å²) in [7, 11) is 0. The molecule has 0 saturated carbocycles. The summed E-state index contributed by atoms with van der Waals surface area (Å²) in [6.07, 6.45) is 4.67. The molecule has 15 heavy (non-hydrogen) atoms. The lowest BCUT2D eigenvalue weighted by Gasteiger charge is -1.96. The van der Waals surface area contributed by atoms with Crippen LogP contribution in [-0.2, 0) is 4.79 Å². The van der Waals surface area contributed by atoms with Crippen LogP contribution in [0.15, 0.2) is 45.8 Å². The molecule has 0 amide bonds. The molecule has 2 aromatic rings. The Morgan fingerprint density at radius 3 is 2.80 bits per heavy atom. The molecule has 0 aliphatic rings. The molecule has 3 nitrogen and oxygen atoms in total. The summed E-state index contributed by atoms with van der Waals surface area (Å²) in [5, 5.41) is 0.519. The van der Waals surface area contributed by atoms with Crippen LogP contribution in [0.2, 0.25) is 0 Å². The van der Waals surface area contributed by atoms with E-state index in [2.05, 4.69) is 0 Å². The first-order chi connectivity index (χ1) is 7.33. The molecule has 0 aliphatic heterocycles. The van der Waals surface area contributed by atoms with Gasteiger partial charge in [-0.25, -0.2) is 0 Å². The molecule has 0 unspecified atom stereocenters. The van der Waals surface area contributed by atoms with Crippen LogP contribution in [0, 0.1) is 0 Å². The van der Waals surface area contributed by atoms with Gasteiger partial charge in [-0.3, -0.25) is 9.59 Å². The zero-order valence-electron chi connectivity index (χ0n) is 7.84. The van der Waals surface area contributed by atoms with E-state index in [0.29, 0.717) is 22.8 Å². The minimum Gasteiger partial charge on any atom is -0.463 e. The number of fused-ring (bicyclic) bond motifs is 1. The highest BCUT2D eigenvalue weighted by Gasteiger charge is 2.02. The fourth-order valence-corrected chi connectivity index (χ4v) is 1.35. The molecule has 0 fully saturated rings. The number of carbonyl (C=O) groups is 1. The molecule has 0 atom stereocenters. The predicted molar refractivity (Wildman–Crippen MR) is 57.6 cm³/mol. The van der Waals surface area contributed by atoms with E-state index in [-0.39, 0.29) is 5.43 Å². The van der Waals surface area contributed by atoms with Gasteiger partial charge in [0.25, 0.3) is 0 Å². The SMILES string of the molecule is O=C/C=C/c1coc2ccccc2c1=O. The van der Waals surface area contributed by atoms with Gasteiger partial charge in [0, 0.05) is 0 Å². The normalized spacial score (nSPS) is 10.9. The van der Waals surface area contributed by atoms with E-state index in [1.165, 1.54) is 18.4 Å². The number of rotatable bonds is 2. The molecule has 0 saturated heterocycles. The van der Waals surface area contributed by atoms with Gasteiger partial charge < -0.3 is 4.42 Å². The zero-order valence-corrected chi connectivity index (χ0v) is 7.84. The maximum atomic E-state index is 11.8. The Kier molecular flexibility index (Phi) is 2.46. The summed E-state index contributed by atoms with van der Waals surface area (Å²) in [4.78, 5) is 21.9. The third kappa shape index (κ3) is 1.72. The summed E-state index contributed by atoms with van der Waals surface area (Å²) in [5.74, 6) is 0. The molecule has 1 heterocycles. The van der Waals surface area contributed by atoms with E-state index in [4.69, 9.17) is 4.42 Å². The van der Waals surface area contributed by atoms with E-state index < -0.39 is 0 Å². The third-order valence-electron chi connectivity index (χ3n) is 2.06. The first-order valence-corrected chi connectivity index (χ1v) is 4.45. The largest absolute Gasteiger partial charge is 0.463 e. The highest BCUT2D eigenvalue weighted by molar-refractivity contribution is 5.80. The van der Waals surface area contributed by atoms with Gasteiger partial charge in [-0.2, -0.15) is 0 Å². The average molecular weight is 200 g/mol. The van der Waals surface area contributed by atoms with Crippen molar-refractivity contribution >= 4 is 23.3 Å². The Morgan fingerprint density at radius 1 is 1.20 bits per heavy atom. The number of hydrogen-bond donors (Lipinski definition) is 0. The molecular formula is C12H8O3. The van der Waals surface area contributed by atoms with Crippen molar-refractivity contribution in [3.63, 3.8) is 0 Å². The van der Waals surface area contributed by atoms with Gasteiger partial charge in [-0.15, -0.1) is 0 Å². The summed E-state index contributed by atoms with van der Waals surface area (Å²) in [5.41, 5.74) is 0.793. The van der Waals surface area contributed by atoms with Crippen molar-refractivity contribution in [1.29, 1.82) is 0 Å². The van der Waals surface area contributed by atoms with Crippen LogP contribution in [0.1, 0.15) is 5.56 Å². The molecule has 74 valence electrons. The fraction of sp³-hybridized carbons (Fsp3) is 0. The lowest BCUT2D eigenvalue weighted by molar-refractivity contribution is -0.104. The van der Waals surface area contributed by atoms with Gasteiger partial charge in [0.05, 0.1) is 10.9 Å². The van der Waals surface area contributed by atoms with E-state index in [0.717, 1.165) is 0 Å². The summed E-state index contributed by atoms with van der Waals surface area (Å²) in [6, 6.07) is 6.99. The fourth-order valence-electron chi connectivity index (χ4n) is 1.35. The van der Waals surface area contributed by atoms with Crippen LogP contribution < -0.4 is 5.43 Å². The molecular weight excluding hydrogens is 192 g/mol. The summed E-state index contributed by atoms with van der Waals surface area (Å²) < 4.78 is 5.25. The van der Waals surface area contributed by atoms with Crippen molar-refractivity contribution < 1.29 is 9.21 Å². The maximum absolute atomic E-state index is 11.8. The van der Waals surface area contributed by atoms with Gasteiger partial charge in [0.1, 0.15) is 18.1 Å². The van der Waals surface area contributed by atoms with Gasteiger partial charge in [-0.1, -0.05) is 12.1 Å². The lowest BCUT2D eigenvalue weighted by Crippen LogP contribution is -2.04. The Balaban J connectivity index is 2.70. The highest BCUT2D eigenvalue weighted by atomic mass is 16.3. The number of benzene rings is 1. The van der Waals surface area contributed by atoms with Crippen LogP contribution >= 0.6 is 0 Å².